The first-order chi connectivity index (χ1) is 15.7. The molecule has 11 heteroatoms. The Morgan fingerprint density at radius 1 is 1.18 bits per heavy atom. The molecule has 0 aliphatic carbocycles. The van der Waals surface area contributed by atoms with Crippen LogP contribution in [0.2, 0.25) is 10.0 Å². The molecule has 7 nitrogen and oxygen atoms in total. The second-order valence-electron chi connectivity index (χ2n) is 7.10. The molecule has 2 aromatic heterocycles. The topological polar surface area (TPSA) is 111 Å². The van der Waals surface area contributed by atoms with Crippen LogP contribution in [0.4, 0.5) is 16.6 Å². The maximum atomic E-state index is 13.0. The van der Waals surface area contributed by atoms with Gasteiger partial charge in [-0.1, -0.05) is 51.8 Å². The van der Waals surface area contributed by atoms with Gasteiger partial charge in [-0.25, -0.2) is 4.98 Å². The van der Waals surface area contributed by atoms with Gasteiger partial charge in [0.2, 0.25) is 5.78 Å². The number of aromatic nitrogens is 2. The van der Waals surface area contributed by atoms with Crippen molar-refractivity contribution in [1.29, 1.82) is 0 Å². The third-order valence-corrected chi connectivity index (χ3v) is 7.80. The first-order valence-electron chi connectivity index (χ1n) is 9.66. The van der Waals surface area contributed by atoms with Crippen molar-refractivity contribution in [3.8, 4) is 0 Å². The number of hydrogen-bond acceptors (Lipinski definition) is 8. The first kappa shape index (κ1) is 23.4. The number of nitrogen functional groups attached to an aromatic ring is 1. The third kappa shape index (κ3) is 4.96. The van der Waals surface area contributed by atoms with E-state index < -0.39 is 16.6 Å². The molecule has 0 saturated carbocycles. The lowest BCUT2D eigenvalue weighted by Crippen LogP contribution is -2.04. The largest absolute Gasteiger partial charge is 0.382 e. The lowest BCUT2D eigenvalue weighted by molar-refractivity contribution is 0.104. The summed E-state index contributed by atoms with van der Waals surface area (Å²) in [7, 11) is -1.30. The molecule has 0 spiro atoms. The number of thiazole rings is 1. The predicted octanol–water partition coefficient (Wildman–Crippen LogP) is 5.92. The fourth-order valence-electron chi connectivity index (χ4n) is 3.14. The van der Waals surface area contributed by atoms with Gasteiger partial charge in [-0.05, 0) is 44.2 Å². The minimum absolute atomic E-state index is 0.0709. The van der Waals surface area contributed by atoms with Gasteiger partial charge in [0.25, 0.3) is 0 Å². The van der Waals surface area contributed by atoms with Gasteiger partial charge in [0, 0.05) is 16.1 Å². The van der Waals surface area contributed by atoms with Crippen LogP contribution in [0.25, 0.3) is 0 Å². The number of nitrogens with zero attached hydrogens (tertiary/aromatic N) is 2. The van der Waals surface area contributed by atoms with Crippen molar-refractivity contribution in [2.75, 3.05) is 11.1 Å². The first-order valence-corrected chi connectivity index (χ1v) is 12.6. The summed E-state index contributed by atoms with van der Waals surface area (Å²) >= 11 is 13.4. The van der Waals surface area contributed by atoms with Crippen molar-refractivity contribution in [2.24, 2.45) is 0 Å². The molecule has 4 aromatic rings. The molecule has 1 atom stereocenters. The highest BCUT2D eigenvalue weighted by Crippen LogP contribution is 2.34. The molecule has 0 radical (unpaired) electrons. The molecule has 4 rings (SSSR count). The monoisotopic (exact) mass is 520 g/mol. The van der Waals surface area contributed by atoms with E-state index in [1.165, 1.54) is 0 Å². The number of halogens is 2. The van der Waals surface area contributed by atoms with Gasteiger partial charge < -0.3 is 15.6 Å². The van der Waals surface area contributed by atoms with E-state index in [-0.39, 0.29) is 26.3 Å². The summed E-state index contributed by atoms with van der Waals surface area (Å²) in [6.07, 6.45) is 0. The fraction of sp³-hybridized carbons (Fsp3) is 0.136. The van der Waals surface area contributed by atoms with Crippen LogP contribution in [0.5, 0.6) is 0 Å². The van der Waals surface area contributed by atoms with Crippen LogP contribution in [0, 0.1) is 13.8 Å². The number of ketones is 1. The van der Waals surface area contributed by atoms with E-state index in [9.17, 15) is 9.00 Å². The smallest absolute Gasteiger partial charge is 0.209 e. The Kier molecular flexibility index (Phi) is 6.85. The van der Waals surface area contributed by atoms with E-state index in [1.807, 2.05) is 6.92 Å². The molecule has 0 bridgehead atoms. The Bertz CT molecular complexity index is 1340. The second kappa shape index (κ2) is 9.64. The van der Waals surface area contributed by atoms with Gasteiger partial charge in [0.15, 0.2) is 5.13 Å². The normalized spacial score (nSPS) is 12.0. The Morgan fingerprint density at radius 2 is 1.88 bits per heavy atom. The van der Waals surface area contributed by atoms with Crippen LogP contribution in [-0.2, 0) is 16.6 Å². The number of carbonyl (C=O) groups excluding carboxylic acids is 1. The lowest BCUT2D eigenvalue weighted by Gasteiger charge is -2.06. The van der Waals surface area contributed by atoms with Gasteiger partial charge in [-0.2, -0.15) is 0 Å². The van der Waals surface area contributed by atoms with Crippen molar-refractivity contribution in [2.45, 2.75) is 24.5 Å². The molecular formula is C22H18Cl2N4O3S2. The van der Waals surface area contributed by atoms with E-state index in [4.69, 9.17) is 33.5 Å². The van der Waals surface area contributed by atoms with E-state index in [0.29, 0.717) is 27.2 Å². The highest BCUT2D eigenvalue weighted by Gasteiger charge is 2.23. The summed E-state index contributed by atoms with van der Waals surface area (Å²) in [5, 5.41) is 7.92. The van der Waals surface area contributed by atoms with Crippen LogP contribution in [0.3, 0.4) is 0 Å². The molecule has 1 unspecified atom stereocenters. The minimum Gasteiger partial charge on any atom is -0.382 e. The number of nitrogens with two attached hydrogens (primary N) is 1. The van der Waals surface area contributed by atoms with E-state index in [0.717, 1.165) is 22.6 Å². The summed E-state index contributed by atoms with van der Waals surface area (Å²) in [5.41, 5.74) is 8.40. The van der Waals surface area contributed by atoms with Crippen molar-refractivity contribution in [1.82, 2.24) is 10.1 Å². The zero-order chi connectivity index (χ0) is 23.7. The highest BCUT2D eigenvalue weighted by molar-refractivity contribution is 7.84. The maximum Gasteiger partial charge on any atom is 0.209 e. The van der Waals surface area contributed by atoms with Crippen LogP contribution in [0.1, 0.15) is 32.3 Å². The van der Waals surface area contributed by atoms with Gasteiger partial charge in [0.1, 0.15) is 16.5 Å². The predicted molar refractivity (Wildman–Crippen MR) is 132 cm³/mol. The Morgan fingerprint density at radius 3 is 2.55 bits per heavy atom. The summed E-state index contributed by atoms with van der Waals surface area (Å²) in [5.74, 6) is 0.625. The molecule has 33 heavy (non-hydrogen) atoms. The Balaban J connectivity index is 1.55. The summed E-state index contributed by atoms with van der Waals surface area (Å²) in [6.45, 7) is 3.62. The maximum absolute atomic E-state index is 13.0. The van der Waals surface area contributed by atoms with Gasteiger partial charge in [0.05, 0.1) is 37.9 Å². The molecule has 0 aliphatic heterocycles. The number of benzene rings is 2. The molecule has 0 amide bonds. The fourth-order valence-corrected chi connectivity index (χ4v) is 5.89. The van der Waals surface area contributed by atoms with E-state index in [2.05, 4.69) is 15.5 Å². The zero-order valence-electron chi connectivity index (χ0n) is 17.5. The second-order valence-corrected chi connectivity index (χ2v) is 10.4. The number of nitrogens with one attached hydrogen (secondary N) is 1. The molecule has 170 valence electrons. The van der Waals surface area contributed by atoms with Crippen LogP contribution in [-0.4, -0.2) is 20.1 Å². The highest BCUT2D eigenvalue weighted by atomic mass is 35.5. The van der Waals surface area contributed by atoms with Crippen molar-refractivity contribution in [3.05, 3.63) is 80.0 Å². The number of anilines is 3. The molecule has 3 N–H and O–H groups in total. The summed E-state index contributed by atoms with van der Waals surface area (Å²) < 4.78 is 18.1. The molecular weight excluding hydrogens is 503 g/mol. The number of rotatable bonds is 7. The van der Waals surface area contributed by atoms with Crippen LogP contribution >= 0.6 is 34.5 Å². The van der Waals surface area contributed by atoms with Crippen LogP contribution in [0.15, 0.2) is 51.9 Å². The summed E-state index contributed by atoms with van der Waals surface area (Å²) in [4.78, 5) is 18.1. The van der Waals surface area contributed by atoms with E-state index in [1.54, 1.807) is 49.4 Å². The quantitative estimate of drug-likeness (QED) is 0.291. The molecule has 0 saturated heterocycles. The standard InChI is InChI=1S/C22H18Cl2N4O3S2/c1-11-15(12(2)31-28-11)10-33(30)14-6-3-5-13(9-14)26-22-27-21(25)20(32-22)19(29)18-16(23)7-4-8-17(18)24/h3-9H,10,25H2,1-2H3,(H,26,27). The lowest BCUT2D eigenvalue weighted by atomic mass is 10.1. The number of carbonyl (C=O) groups is 1. The average Bonchev–Trinajstić information content (AvgIpc) is 3.29. The molecule has 2 heterocycles. The molecule has 0 fully saturated rings. The molecule has 0 aliphatic rings. The SMILES string of the molecule is Cc1noc(C)c1CS(=O)c1cccc(Nc2nc(N)c(C(=O)c3c(Cl)cccc3Cl)s2)c1. The van der Waals surface area contributed by atoms with Crippen molar-refractivity contribution in [3.63, 3.8) is 0 Å². The van der Waals surface area contributed by atoms with Crippen molar-refractivity contribution < 1.29 is 13.5 Å². The minimum atomic E-state index is -1.30. The number of hydrogen-bond donors (Lipinski definition) is 2. The average molecular weight is 521 g/mol. The zero-order valence-corrected chi connectivity index (χ0v) is 20.7. The number of aryl methyl sites for hydroxylation is 2. The van der Waals surface area contributed by atoms with Gasteiger partial charge >= 0.3 is 0 Å². The molecule has 2 aromatic carbocycles. The van der Waals surface area contributed by atoms with Crippen molar-refractivity contribution >= 4 is 67.8 Å². The van der Waals surface area contributed by atoms with Gasteiger partial charge in [-0.15, -0.1) is 0 Å². The van der Waals surface area contributed by atoms with Gasteiger partial charge in [-0.3, -0.25) is 9.00 Å². The summed E-state index contributed by atoms with van der Waals surface area (Å²) in [6, 6.07) is 12.0. The third-order valence-electron chi connectivity index (χ3n) is 4.85. The van der Waals surface area contributed by atoms with Crippen LogP contribution < -0.4 is 11.1 Å². The Hall–Kier alpha value is -2.72. The Labute approximate surface area is 206 Å². The van der Waals surface area contributed by atoms with E-state index >= 15 is 0 Å².